The van der Waals surface area contributed by atoms with E-state index in [-0.39, 0.29) is 6.73 Å². The minimum atomic E-state index is -0.411. The zero-order valence-corrected chi connectivity index (χ0v) is 11.2. The first-order chi connectivity index (χ1) is 8.93. The van der Waals surface area contributed by atoms with Gasteiger partial charge in [0.05, 0.1) is 5.71 Å². The third-order valence-corrected chi connectivity index (χ3v) is 2.66. The Morgan fingerprint density at radius 2 is 2.00 bits per heavy atom. The minimum absolute atomic E-state index is 0.0646. The summed E-state index contributed by atoms with van der Waals surface area (Å²) in [5, 5.41) is 3.79. The summed E-state index contributed by atoms with van der Waals surface area (Å²) in [7, 11) is 2.99. The summed E-state index contributed by atoms with van der Waals surface area (Å²) in [5.74, 6) is 0. The maximum Gasteiger partial charge on any atom is 0.332 e. The SMILES string of the molecule is CC(C)=NOCn1cnc2c1c(=O)n(C)c(=O)n2C. The average Bonchev–Trinajstić information content (AvgIpc) is 2.77. The molecule has 2 rings (SSSR count). The van der Waals surface area contributed by atoms with Crippen molar-refractivity contribution in [2.75, 3.05) is 0 Å². The summed E-state index contributed by atoms with van der Waals surface area (Å²) in [5.41, 5.74) is 0.592. The molecule has 0 radical (unpaired) electrons. The molecule has 0 bridgehead atoms. The smallest absolute Gasteiger partial charge is 0.332 e. The summed E-state index contributed by atoms with van der Waals surface area (Å²) in [6.45, 7) is 3.67. The third-order valence-electron chi connectivity index (χ3n) is 2.66. The van der Waals surface area contributed by atoms with E-state index in [2.05, 4.69) is 10.1 Å². The van der Waals surface area contributed by atoms with Crippen LogP contribution in [0.4, 0.5) is 0 Å². The molecule has 0 aliphatic heterocycles. The second-order valence-corrected chi connectivity index (χ2v) is 4.39. The van der Waals surface area contributed by atoms with Crippen molar-refractivity contribution in [3.63, 3.8) is 0 Å². The van der Waals surface area contributed by atoms with Gasteiger partial charge in [-0.3, -0.25) is 18.5 Å². The van der Waals surface area contributed by atoms with Gasteiger partial charge >= 0.3 is 5.69 Å². The fourth-order valence-corrected chi connectivity index (χ4v) is 1.72. The molecule has 0 aliphatic rings. The van der Waals surface area contributed by atoms with E-state index in [4.69, 9.17) is 4.84 Å². The first kappa shape index (κ1) is 13.1. The molecule has 102 valence electrons. The summed E-state index contributed by atoms with van der Waals surface area (Å²) in [6.07, 6.45) is 1.45. The molecule has 0 fully saturated rings. The van der Waals surface area contributed by atoms with Crippen LogP contribution in [0.15, 0.2) is 21.1 Å². The normalized spacial score (nSPS) is 10.7. The molecule has 2 aromatic heterocycles. The number of aromatic nitrogens is 4. The van der Waals surface area contributed by atoms with Crippen molar-refractivity contribution in [3.05, 3.63) is 27.2 Å². The third kappa shape index (κ3) is 2.16. The average molecular weight is 265 g/mol. The van der Waals surface area contributed by atoms with E-state index >= 15 is 0 Å². The van der Waals surface area contributed by atoms with Gasteiger partial charge in [0, 0.05) is 14.1 Å². The van der Waals surface area contributed by atoms with Crippen molar-refractivity contribution in [1.82, 2.24) is 18.7 Å². The molecule has 0 spiro atoms. The summed E-state index contributed by atoms with van der Waals surface area (Å²) < 4.78 is 3.87. The topological polar surface area (TPSA) is 83.4 Å². The number of oxime groups is 1. The van der Waals surface area contributed by atoms with E-state index in [9.17, 15) is 9.59 Å². The van der Waals surface area contributed by atoms with Crippen molar-refractivity contribution in [2.45, 2.75) is 20.6 Å². The predicted molar refractivity (Wildman–Crippen MR) is 70.1 cm³/mol. The minimum Gasteiger partial charge on any atom is -0.374 e. The highest BCUT2D eigenvalue weighted by Gasteiger charge is 2.14. The van der Waals surface area contributed by atoms with Crippen LogP contribution in [-0.2, 0) is 25.7 Å². The number of imidazole rings is 1. The lowest BCUT2D eigenvalue weighted by atomic mass is 10.5. The van der Waals surface area contributed by atoms with Gasteiger partial charge in [-0.1, -0.05) is 5.16 Å². The van der Waals surface area contributed by atoms with Gasteiger partial charge < -0.3 is 4.84 Å². The van der Waals surface area contributed by atoms with Crippen molar-refractivity contribution in [1.29, 1.82) is 0 Å². The molecule has 8 nitrogen and oxygen atoms in total. The number of hydrogen-bond acceptors (Lipinski definition) is 5. The second-order valence-electron chi connectivity index (χ2n) is 4.39. The number of rotatable bonds is 3. The van der Waals surface area contributed by atoms with Crippen LogP contribution in [0.2, 0.25) is 0 Å². The Balaban J connectivity index is 2.57. The molecule has 0 N–H and O–H groups in total. The fourth-order valence-electron chi connectivity index (χ4n) is 1.72. The van der Waals surface area contributed by atoms with Crippen LogP contribution >= 0.6 is 0 Å². The van der Waals surface area contributed by atoms with E-state index in [0.29, 0.717) is 11.2 Å². The van der Waals surface area contributed by atoms with E-state index in [1.54, 1.807) is 20.9 Å². The predicted octanol–water partition coefficient (Wildman–Crippen LogP) is -0.196. The number of aryl methyl sites for hydroxylation is 1. The van der Waals surface area contributed by atoms with Crippen LogP contribution in [0, 0.1) is 0 Å². The summed E-state index contributed by atoms with van der Waals surface area (Å²) >= 11 is 0. The molecule has 2 aromatic rings. The first-order valence-electron chi connectivity index (χ1n) is 5.67. The molecular formula is C11H15N5O3. The Morgan fingerprint density at radius 1 is 1.32 bits per heavy atom. The van der Waals surface area contributed by atoms with E-state index in [1.165, 1.54) is 22.5 Å². The Kier molecular flexibility index (Phi) is 3.24. The van der Waals surface area contributed by atoms with Crippen molar-refractivity contribution in [2.24, 2.45) is 19.3 Å². The van der Waals surface area contributed by atoms with Gasteiger partial charge in [-0.2, -0.15) is 0 Å². The zero-order valence-electron chi connectivity index (χ0n) is 11.2. The van der Waals surface area contributed by atoms with Crippen molar-refractivity contribution >= 4 is 16.9 Å². The van der Waals surface area contributed by atoms with Crippen LogP contribution in [0.25, 0.3) is 11.2 Å². The molecule has 0 unspecified atom stereocenters. The lowest BCUT2D eigenvalue weighted by Gasteiger charge is -2.05. The lowest BCUT2D eigenvalue weighted by Crippen LogP contribution is -2.37. The van der Waals surface area contributed by atoms with Crippen LogP contribution in [-0.4, -0.2) is 24.4 Å². The standard InChI is InChI=1S/C11H15N5O3/c1-7(2)13-19-6-16-5-12-9-8(16)10(17)15(4)11(18)14(9)3/h5H,6H2,1-4H3. The highest BCUT2D eigenvalue weighted by molar-refractivity contribution is 5.78. The molecular weight excluding hydrogens is 250 g/mol. The molecule has 8 heteroatoms. The lowest BCUT2D eigenvalue weighted by molar-refractivity contribution is 0.0862. The number of fused-ring (bicyclic) bond motifs is 1. The van der Waals surface area contributed by atoms with Crippen molar-refractivity contribution in [3.8, 4) is 0 Å². The van der Waals surface area contributed by atoms with E-state index < -0.39 is 11.2 Å². The van der Waals surface area contributed by atoms with Gasteiger partial charge in [-0.15, -0.1) is 0 Å². The van der Waals surface area contributed by atoms with E-state index in [1.807, 2.05) is 0 Å². The Labute approximate surface area is 108 Å². The Bertz CT molecular complexity index is 761. The maximum atomic E-state index is 12.1. The van der Waals surface area contributed by atoms with Gasteiger partial charge in [-0.25, -0.2) is 9.78 Å². The Morgan fingerprint density at radius 3 is 2.63 bits per heavy atom. The molecule has 0 amide bonds. The molecule has 0 saturated heterocycles. The highest BCUT2D eigenvalue weighted by Crippen LogP contribution is 2.05. The van der Waals surface area contributed by atoms with Gasteiger partial charge in [0.15, 0.2) is 17.9 Å². The van der Waals surface area contributed by atoms with Crippen LogP contribution in [0.3, 0.4) is 0 Å². The van der Waals surface area contributed by atoms with Gasteiger partial charge in [-0.05, 0) is 13.8 Å². The van der Waals surface area contributed by atoms with Gasteiger partial charge in [0.25, 0.3) is 5.56 Å². The first-order valence-corrected chi connectivity index (χ1v) is 5.67. The molecule has 2 heterocycles. The van der Waals surface area contributed by atoms with Gasteiger partial charge in [0.1, 0.15) is 6.33 Å². The largest absolute Gasteiger partial charge is 0.374 e. The molecule has 0 aliphatic carbocycles. The molecule has 19 heavy (non-hydrogen) atoms. The highest BCUT2D eigenvalue weighted by atomic mass is 16.6. The zero-order chi connectivity index (χ0) is 14.2. The van der Waals surface area contributed by atoms with Crippen LogP contribution in [0.5, 0.6) is 0 Å². The summed E-state index contributed by atoms with van der Waals surface area (Å²) in [4.78, 5) is 33.0. The van der Waals surface area contributed by atoms with Gasteiger partial charge in [0.2, 0.25) is 0 Å². The maximum absolute atomic E-state index is 12.1. The molecule has 0 aromatic carbocycles. The number of hydrogen-bond donors (Lipinski definition) is 0. The van der Waals surface area contributed by atoms with Crippen LogP contribution < -0.4 is 11.2 Å². The number of nitrogens with zero attached hydrogens (tertiary/aromatic N) is 5. The molecule has 0 saturated carbocycles. The Hall–Kier alpha value is -2.38. The fraction of sp³-hybridized carbons (Fsp3) is 0.455. The van der Waals surface area contributed by atoms with Crippen LogP contribution in [0.1, 0.15) is 13.8 Å². The van der Waals surface area contributed by atoms with E-state index in [0.717, 1.165) is 10.3 Å². The molecule has 0 atom stereocenters. The monoisotopic (exact) mass is 265 g/mol. The van der Waals surface area contributed by atoms with Crippen molar-refractivity contribution < 1.29 is 4.84 Å². The summed E-state index contributed by atoms with van der Waals surface area (Å²) in [6, 6.07) is 0. The quantitative estimate of drug-likeness (QED) is 0.568. The second kappa shape index (κ2) is 4.71.